The highest BCUT2D eigenvalue weighted by atomic mass is 35.5. The molecule has 1 aromatic heterocycles. The van der Waals surface area contributed by atoms with E-state index < -0.39 is 0 Å². The van der Waals surface area contributed by atoms with Crippen LogP contribution in [0.4, 0.5) is 0 Å². The first-order valence-corrected chi connectivity index (χ1v) is 4.01. The van der Waals surface area contributed by atoms with Gasteiger partial charge in [0.05, 0.1) is 0 Å². The lowest BCUT2D eigenvalue weighted by Gasteiger charge is -2.06. The molecule has 0 aliphatic heterocycles. The van der Waals surface area contributed by atoms with E-state index in [2.05, 4.69) is 0 Å². The van der Waals surface area contributed by atoms with E-state index in [1.165, 1.54) is 18.4 Å². The van der Waals surface area contributed by atoms with Crippen LogP contribution in [0.25, 0.3) is 0 Å². The lowest BCUT2D eigenvalue weighted by atomic mass is 9.99. The van der Waals surface area contributed by atoms with Crippen LogP contribution in [-0.4, -0.2) is 0 Å². The van der Waals surface area contributed by atoms with Gasteiger partial charge in [0.25, 0.3) is 0 Å². The fourth-order valence-electron chi connectivity index (χ4n) is 1.45. The Bertz CT molecular complexity index is 216. The summed E-state index contributed by atoms with van der Waals surface area (Å²) in [6, 6.07) is 1.94. The molecule has 0 spiro atoms. The van der Waals surface area contributed by atoms with Crippen LogP contribution in [0.1, 0.15) is 24.2 Å². The molecule has 0 saturated heterocycles. The molecule has 1 aliphatic carbocycles. The Labute approximate surface area is 65.0 Å². The van der Waals surface area contributed by atoms with Crippen molar-refractivity contribution in [2.75, 3.05) is 0 Å². The Morgan fingerprint density at radius 3 is 2.90 bits per heavy atom. The molecule has 0 aromatic carbocycles. The van der Waals surface area contributed by atoms with Crippen LogP contribution in [0.5, 0.6) is 0 Å². The quantitative estimate of drug-likeness (QED) is 0.563. The molecule has 0 radical (unpaired) electrons. The number of fused-ring (bicyclic) bond motifs is 1. The third kappa shape index (κ3) is 0.948. The highest BCUT2D eigenvalue weighted by Gasteiger charge is 2.13. The van der Waals surface area contributed by atoms with Crippen molar-refractivity contribution < 1.29 is 4.42 Å². The molecule has 54 valence electrons. The Balaban J connectivity index is 2.41. The minimum absolute atomic E-state index is 0.548. The maximum Gasteiger partial charge on any atom is 0.193 e. The molecule has 0 amide bonds. The summed E-state index contributed by atoms with van der Waals surface area (Å²) in [5, 5.41) is 0.548. The summed E-state index contributed by atoms with van der Waals surface area (Å²) in [6.07, 6.45) is 4.74. The highest BCUT2D eigenvalue weighted by Crippen LogP contribution is 2.26. The van der Waals surface area contributed by atoms with Gasteiger partial charge < -0.3 is 4.42 Å². The first kappa shape index (κ1) is 6.29. The van der Waals surface area contributed by atoms with E-state index in [1.807, 2.05) is 6.07 Å². The van der Waals surface area contributed by atoms with E-state index in [1.54, 1.807) is 0 Å². The summed E-state index contributed by atoms with van der Waals surface area (Å²) in [4.78, 5) is 0. The minimum atomic E-state index is 0.548. The van der Waals surface area contributed by atoms with Crippen molar-refractivity contribution in [3.05, 3.63) is 22.6 Å². The largest absolute Gasteiger partial charge is 0.449 e. The second-order valence-electron chi connectivity index (χ2n) is 2.71. The van der Waals surface area contributed by atoms with Crippen LogP contribution in [0, 0.1) is 0 Å². The van der Waals surface area contributed by atoms with Gasteiger partial charge in [0.2, 0.25) is 0 Å². The molecule has 2 heteroatoms. The monoisotopic (exact) mass is 156 g/mol. The van der Waals surface area contributed by atoms with Gasteiger partial charge in [-0.3, -0.25) is 0 Å². The van der Waals surface area contributed by atoms with Crippen LogP contribution in [-0.2, 0) is 12.8 Å². The van der Waals surface area contributed by atoms with Crippen molar-refractivity contribution in [1.29, 1.82) is 0 Å². The lowest BCUT2D eigenvalue weighted by molar-refractivity contribution is 0.479. The normalized spacial score (nSPS) is 16.9. The number of rotatable bonds is 0. The molecule has 10 heavy (non-hydrogen) atoms. The molecule has 0 saturated carbocycles. The van der Waals surface area contributed by atoms with Crippen molar-refractivity contribution in [1.82, 2.24) is 0 Å². The van der Waals surface area contributed by atoms with Gasteiger partial charge in [0.15, 0.2) is 5.22 Å². The van der Waals surface area contributed by atoms with Crippen LogP contribution >= 0.6 is 11.6 Å². The van der Waals surface area contributed by atoms with E-state index in [-0.39, 0.29) is 0 Å². The number of aryl methyl sites for hydroxylation is 2. The molecule has 1 heterocycles. The van der Waals surface area contributed by atoms with Crippen molar-refractivity contribution >= 4 is 11.6 Å². The van der Waals surface area contributed by atoms with Crippen molar-refractivity contribution in [2.24, 2.45) is 0 Å². The number of halogens is 1. The molecule has 0 fully saturated rings. The molecule has 2 rings (SSSR count). The number of hydrogen-bond acceptors (Lipinski definition) is 1. The van der Waals surface area contributed by atoms with Gasteiger partial charge in [-0.25, -0.2) is 0 Å². The van der Waals surface area contributed by atoms with Gasteiger partial charge in [-0.1, -0.05) is 0 Å². The Hall–Kier alpha value is -0.430. The molecule has 1 aliphatic rings. The third-order valence-electron chi connectivity index (χ3n) is 1.97. The summed E-state index contributed by atoms with van der Waals surface area (Å²) in [6.45, 7) is 0. The lowest BCUT2D eigenvalue weighted by Crippen LogP contribution is -1.97. The summed E-state index contributed by atoms with van der Waals surface area (Å²) in [7, 11) is 0. The fourth-order valence-corrected chi connectivity index (χ4v) is 1.68. The van der Waals surface area contributed by atoms with Gasteiger partial charge >= 0.3 is 0 Å². The Morgan fingerprint density at radius 2 is 2.10 bits per heavy atom. The fraction of sp³-hybridized carbons (Fsp3) is 0.500. The van der Waals surface area contributed by atoms with E-state index >= 15 is 0 Å². The Kier molecular flexibility index (Phi) is 1.46. The van der Waals surface area contributed by atoms with E-state index in [0.29, 0.717) is 5.22 Å². The van der Waals surface area contributed by atoms with Gasteiger partial charge in [-0.2, -0.15) is 0 Å². The van der Waals surface area contributed by atoms with Crippen LogP contribution in [0.3, 0.4) is 0 Å². The van der Waals surface area contributed by atoms with E-state index in [0.717, 1.165) is 18.6 Å². The zero-order valence-electron chi connectivity index (χ0n) is 5.69. The van der Waals surface area contributed by atoms with Crippen LogP contribution in [0.2, 0.25) is 5.22 Å². The standard InChI is InChI=1S/C8H9ClO/c9-8-5-6-3-1-2-4-7(6)10-8/h5H,1-4H2. The zero-order chi connectivity index (χ0) is 6.97. The van der Waals surface area contributed by atoms with Gasteiger partial charge in [0.1, 0.15) is 5.76 Å². The smallest absolute Gasteiger partial charge is 0.193 e. The molecule has 0 bridgehead atoms. The molecular weight excluding hydrogens is 148 g/mol. The van der Waals surface area contributed by atoms with Gasteiger partial charge in [-0.15, -0.1) is 0 Å². The summed E-state index contributed by atoms with van der Waals surface area (Å²) in [5.74, 6) is 1.11. The first-order chi connectivity index (χ1) is 4.86. The number of hydrogen-bond donors (Lipinski definition) is 0. The van der Waals surface area contributed by atoms with E-state index in [4.69, 9.17) is 16.0 Å². The average Bonchev–Trinajstić information content (AvgIpc) is 2.27. The van der Waals surface area contributed by atoms with Crippen molar-refractivity contribution in [2.45, 2.75) is 25.7 Å². The molecule has 0 atom stereocenters. The minimum Gasteiger partial charge on any atom is -0.449 e. The van der Waals surface area contributed by atoms with Crippen molar-refractivity contribution in [3.63, 3.8) is 0 Å². The van der Waals surface area contributed by atoms with Gasteiger partial charge in [-0.05, 0) is 42.5 Å². The highest BCUT2D eigenvalue weighted by molar-refractivity contribution is 6.28. The van der Waals surface area contributed by atoms with Gasteiger partial charge in [0, 0.05) is 6.42 Å². The predicted octanol–water partition coefficient (Wildman–Crippen LogP) is 2.81. The predicted molar refractivity (Wildman–Crippen MR) is 40.4 cm³/mol. The zero-order valence-corrected chi connectivity index (χ0v) is 6.45. The SMILES string of the molecule is Clc1cc2c(o1)CCCC2. The Morgan fingerprint density at radius 1 is 1.30 bits per heavy atom. The summed E-state index contributed by atoms with van der Waals surface area (Å²) >= 11 is 5.68. The van der Waals surface area contributed by atoms with Crippen molar-refractivity contribution in [3.8, 4) is 0 Å². The third-order valence-corrected chi connectivity index (χ3v) is 2.15. The second-order valence-corrected chi connectivity index (χ2v) is 3.08. The maximum atomic E-state index is 5.68. The van der Waals surface area contributed by atoms with E-state index in [9.17, 15) is 0 Å². The maximum absolute atomic E-state index is 5.68. The topological polar surface area (TPSA) is 13.1 Å². The number of furan rings is 1. The molecular formula is C8H9ClO. The summed E-state index contributed by atoms with van der Waals surface area (Å²) in [5.41, 5.74) is 1.32. The first-order valence-electron chi connectivity index (χ1n) is 3.63. The molecule has 0 N–H and O–H groups in total. The summed E-state index contributed by atoms with van der Waals surface area (Å²) < 4.78 is 5.27. The average molecular weight is 157 g/mol. The molecule has 1 nitrogen and oxygen atoms in total. The van der Waals surface area contributed by atoms with Crippen LogP contribution in [0.15, 0.2) is 10.5 Å². The second kappa shape index (κ2) is 2.31. The molecule has 1 aromatic rings. The molecule has 0 unspecified atom stereocenters. The van der Waals surface area contributed by atoms with Crippen LogP contribution < -0.4 is 0 Å².